The van der Waals surface area contributed by atoms with Crippen LogP contribution in [0.2, 0.25) is 0 Å². The normalized spacial score (nSPS) is 9.83. The fourth-order valence-electron chi connectivity index (χ4n) is 2.81. The van der Waals surface area contributed by atoms with E-state index in [2.05, 4.69) is 11.8 Å². The predicted octanol–water partition coefficient (Wildman–Crippen LogP) is 4.18. The van der Waals surface area contributed by atoms with E-state index in [1.165, 1.54) is 7.11 Å². The van der Waals surface area contributed by atoms with Crippen molar-refractivity contribution in [2.45, 2.75) is 0 Å². The molecule has 0 saturated heterocycles. The monoisotopic (exact) mass is 400 g/mol. The van der Waals surface area contributed by atoms with Crippen molar-refractivity contribution in [3.05, 3.63) is 89.0 Å². The zero-order valence-corrected chi connectivity index (χ0v) is 16.9. The van der Waals surface area contributed by atoms with E-state index in [-0.39, 0.29) is 5.56 Å². The second kappa shape index (κ2) is 9.44. The van der Waals surface area contributed by atoms with Gasteiger partial charge in [-0.3, -0.25) is 9.59 Å². The van der Waals surface area contributed by atoms with Crippen LogP contribution in [0.15, 0.2) is 66.7 Å². The fraction of sp³-hybridized carbons (Fsp3) is 0.120. The van der Waals surface area contributed by atoms with Crippen LogP contribution in [0, 0.1) is 11.8 Å². The number of hydrogen-bond acceptors (Lipinski definition) is 5. The molecule has 0 atom stereocenters. The van der Waals surface area contributed by atoms with E-state index in [4.69, 9.17) is 14.2 Å². The van der Waals surface area contributed by atoms with Gasteiger partial charge in [0, 0.05) is 28.3 Å². The van der Waals surface area contributed by atoms with E-state index in [0.29, 0.717) is 33.9 Å². The third-order valence-corrected chi connectivity index (χ3v) is 4.42. The van der Waals surface area contributed by atoms with Crippen molar-refractivity contribution in [2.75, 3.05) is 21.3 Å². The van der Waals surface area contributed by atoms with Crippen molar-refractivity contribution in [1.29, 1.82) is 0 Å². The molecular formula is C25H20O5. The summed E-state index contributed by atoms with van der Waals surface area (Å²) < 4.78 is 15.6. The highest BCUT2D eigenvalue weighted by Crippen LogP contribution is 2.22. The first-order chi connectivity index (χ1) is 14.5. The van der Waals surface area contributed by atoms with Gasteiger partial charge in [-0.15, -0.1) is 0 Å². The van der Waals surface area contributed by atoms with E-state index in [0.717, 1.165) is 0 Å². The largest absolute Gasteiger partial charge is 0.497 e. The standard InChI is InChI=1S/C25H20O5/c1-28-20-12-10-19(11-13-20)24(26)25(27)23-7-5-4-6-18(23)9-8-17-14-21(29-2)16-22(15-17)30-3/h4-7,10-16H,1-3H3. The Morgan fingerprint density at radius 1 is 0.667 bits per heavy atom. The molecule has 0 saturated carbocycles. The van der Waals surface area contributed by atoms with Crippen molar-refractivity contribution < 1.29 is 23.8 Å². The zero-order chi connectivity index (χ0) is 21.5. The first-order valence-corrected chi connectivity index (χ1v) is 9.13. The number of carbonyl (C=O) groups excluding carboxylic acids is 2. The Bertz CT molecular complexity index is 1110. The van der Waals surface area contributed by atoms with Crippen LogP contribution >= 0.6 is 0 Å². The second-order valence-corrected chi connectivity index (χ2v) is 6.28. The minimum Gasteiger partial charge on any atom is -0.497 e. The summed E-state index contributed by atoms with van der Waals surface area (Å²) in [5.41, 5.74) is 1.67. The third-order valence-electron chi connectivity index (χ3n) is 4.42. The number of methoxy groups -OCH3 is 3. The Morgan fingerprint density at radius 3 is 1.87 bits per heavy atom. The van der Waals surface area contributed by atoms with E-state index in [1.807, 2.05) is 0 Å². The molecule has 0 N–H and O–H groups in total. The van der Waals surface area contributed by atoms with Gasteiger partial charge in [-0.05, 0) is 48.5 Å². The highest BCUT2D eigenvalue weighted by Gasteiger charge is 2.20. The number of rotatable bonds is 6. The summed E-state index contributed by atoms with van der Waals surface area (Å²) in [7, 11) is 4.66. The molecule has 0 amide bonds. The zero-order valence-electron chi connectivity index (χ0n) is 16.9. The van der Waals surface area contributed by atoms with E-state index >= 15 is 0 Å². The Labute approximate surface area is 175 Å². The maximum Gasteiger partial charge on any atom is 0.234 e. The summed E-state index contributed by atoms with van der Waals surface area (Å²) in [6, 6.07) is 18.5. The highest BCUT2D eigenvalue weighted by atomic mass is 16.5. The van der Waals surface area contributed by atoms with Gasteiger partial charge in [0.25, 0.3) is 0 Å². The van der Waals surface area contributed by atoms with Crippen molar-refractivity contribution in [3.63, 3.8) is 0 Å². The molecule has 0 aliphatic carbocycles. The second-order valence-electron chi connectivity index (χ2n) is 6.28. The lowest BCUT2D eigenvalue weighted by atomic mass is 9.97. The Kier molecular flexibility index (Phi) is 6.51. The molecule has 0 aliphatic rings. The molecule has 5 nitrogen and oxygen atoms in total. The lowest BCUT2D eigenvalue weighted by molar-refractivity contribution is 0.0816. The van der Waals surface area contributed by atoms with Crippen LogP contribution in [-0.4, -0.2) is 32.9 Å². The van der Waals surface area contributed by atoms with Crippen LogP contribution in [0.5, 0.6) is 17.2 Å². The molecule has 0 fully saturated rings. The summed E-state index contributed by atoms with van der Waals surface area (Å²) in [6.07, 6.45) is 0. The summed E-state index contributed by atoms with van der Waals surface area (Å²) in [6.45, 7) is 0. The maximum absolute atomic E-state index is 12.8. The third kappa shape index (κ3) is 4.68. The molecule has 0 aromatic heterocycles. The summed E-state index contributed by atoms with van der Waals surface area (Å²) in [5, 5.41) is 0. The van der Waals surface area contributed by atoms with E-state index in [9.17, 15) is 9.59 Å². The van der Waals surface area contributed by atoms with Crippen LogP contribution in [0.1, 0.15) is 31.8 Å². The van der Waals surface area contributed by atoms with Gasteiger partial charge in [0.05, 0.1) is 21.3 Å². The average Bonchev–Trinajstić information content (AvgIpc) is 2.81. The lowest BCUT2D eigenvalue weighted by Crippen LogP contribution is -2.15. The van der Waals surface area contributed by atoms with Gasteiger partial charge < -0.3 is 14.2 Å². The summed E-state index contributed by atoms with van der Waals surface area (Å²) in [4.78, 5) is 25.5. The molecular weight excluding hydrogens is 380 g/mol. The van der Waals surface area contributed by atoms with Gasteiger partial charge >= 0.3 is 0 Å². The van der Waals surface area contributed by atoms with Gasteiger partial charge in [0.2, 0.25) is 11.6 Å². The quantitative estimate of drug-likeness (QED) is 0.353. The number of ketones is 2. The Hall–Kier alpha value is -4.04. The molecule has 0 radical (unpaired) electrons. The van der Waals surface area contributed by atoms with Crippen molar-refractivity contribution in [1.82, 2.24) is 0 Å². The van der Waals surface area contributed by atoms with E-state index in [1.54, 1.807) is 80.9 Å². The van der Waals surface area contributed by atoms with Crippen LogP contribution in [0.4, 0.5) is 0 Å². The van der Waals surface area contributed by atoms with E-state index < -0.39 is 11.6 Å². The van der Waals surface area contributed by atoms with Gasteiger partial charge in [-0.2, -0.15) is 0 Å². The number of Topliss-reactive ketones (excluding diaryl/α,β-unsaturated/α-hetero) is 2. The predicted molar refractivity (Wildman–Crippen MR) is 114 cm³/mol. The SMILES string of the molecule is COc1ccc(C(=O)C(=O)c2ccccc2C#Cc2cc(OC)cc(OC)c2)cc1. The number of ether oxygens (including phenoxy) is 3. The van der Waals surface area contributed by atoms with Crippen molar-refractivity contribution >= 4 is 11.6 Å². The van der Waals surface area contributed by atoms with Gasteiger partial charge in [-0.25, -0.2) is 0 Å². The molecule has 0 spiro atoms. The smallest absolute Gasteiger partial charge is 0.234 e. The Balaban J connectivity index is 1.92. The summed E-state index contributed by atoms with van der Waals surface area (Å²) >= 11 is 0. The van der Waals surface area contributed by atoms with Gasteiger partial charge in [0.1, 0.15) is 17.2 Å². The maximum atomic E-state index is 12.8. The molecule has 0 aliphatic heterocycles. The molecule has 3 aromatic rings. The van der Waals surface area contributed by atoms with Gasteiger partial charge in [-0.1, -0.05) is 24.0 Å². The fourth-order valence-corrected chi connectivity index (χ4v) is 2.81. The Morgan fingerprint density at radius 2 is 1.27 bits per heavy atom. The topological polar surface area (TPSA) is 61.8 Å². The van der Waals surface area contributed by atoms with Crippen molar-refractivity contribution in [2.24, 2.45) is 0 Å². The van der Waals surface area contributed by atoms with Crippen LogP contribution in [0.25, 0.3) is 0 Å². The van der Waals surface area contributed by atoms with Gasteiger partial charge in [0.15, 0.2) is 0 Å². The minimum absolute atomic E-state index is 0.251. The molecule has 30 heavy (non-hydrogen) atoms. The van der Waals surface area contributed by atoms with Crippen LogP contribution in [-0.2, 0) is 0 Å². The molecule has 0 unspecified atom stereocenters. The first-order valence-electron chi connectivity index (χ1n) is 9.13. The van der Waals surface area contributed by atoms with Crippen LogP contribution < -0.4 is 14.2 Å². The first kappa shape index (κ1) is 20.7. The summed E-state index contributed by atoms with van der Waals surface area (Å²) in [5.74, 6) is 6.60. The molecule has 5 heteroatoms. The van der Waals surface area contributed by atoms with Crippen molar-refractivity contribution in [3.8, 4) is 29.1 Å². The number of carbonyl (C=O) groups is 2. The lowest BCUT2D eigenvalue weighted by Gasteiger charge is -2.05. The minimum atomic E-state index is -0.617. The molecule has 3 rings (SSSR count). The molecule has 3 aromatic carbocycles. The average molecular weight is 400 g/mol. The molecule has 150 valence electrons. The molecule has 0 bridgehead atoms. The van der Waals surface area contributed by atoms with Crippen LogP contribution in [0.3, 0.4) is 0 Å². The number of benzene rings is 3. The number of hydrogen-bond donors (Lipinski definition) is 0. The highest BCUT2D eigenvalue weighted by molar-refractivity contribution is 6.49. The molecule has 0 heterocycles.